The maximum atomic E-state index is 12.5. The van der Waals surface area contributed by atoms with Crippen molar-refractivity contribution in [3.05, 3.63) is 18.2 Å². The largest absolute Gasteiger partial charge is 0.493 e. The molecule has 6 heteroatoms. The molecule has 1 N–H and O–H groups in total. The molecular formula is C19H28N2O3S. The Morgan fingerprint density at radius 1 is 1.20 bits per heavy atom. The number of hydrogen-bond acceptors (Lipinski definition) is 5. The first-order valence-electron chi connectivity index (χ1n) is 8.97. The van der Waals surface area contributed by atoms with Gasteiger partial charge in [0.1, 0.15) is 0 Å². The molecule has 2 aliphatic heterocycles. The Labute approximate surface area is 154 Å². The normalized spacial score (nSPS) is 24.8. The Balaban J connectivity index is 1.47. The summed E-state index contributed by atoms with van der Waals surface area (Å²) >= 11 is 1.68. The van der Waals surface area contributed by atoms with Gasteiger partial charge in [0.15, 0.2) is 11.5 Å². The standard InChI is InChI=1S/C19H28N2O3S/c1-21(15-10-13-4-5-14(11-15)20-13)19(22)8-9-25-16-6-7-17(23-2)18(12-16)24-3/h6-7,12-15,20H,4-5,8-11H2,1-3H3. The maximum Gasteiger partial charge on any atom is 0.223 e. The lowest BCUT2D eigenvalue weighted by Crippen LogP contribution is -2.48. The first-order valence-corrected chi connectivity index (χ1v) is 9.95. The topological polar surface area (TPSA) is 50.8 Å². The summed E-state index contributed by atoms with van der Waals surface area (Å²) < 4.78 is 10.6. The van der Waals surface area contributed by atoms with Crippen LogP contribution in [0.25, 0.3) is 0 Å². The molecular weight excluding hydrogens is 336 g/mol. The molecule has 0 spiro atoms. The van der Waals surface area contributed by atoms with E-state index in [0.29, 0.717) is 24.5 Å². The lowest BCUT2D eigenvalue weighted by atomic mass is 9.98. The van der Waals surface area contributed by atoms with Crippen LogP contribution in [0.4, 0.5) is 0 Å². The van der Waals surface area contributed by atoms with E-state index in [9.17, 15) is 4.79 Å². The Morgan fingerprint density at radius 3 is 2.52 bits per heavy atom. The van der Waals surface area contributed by atoms with Crippen molar-refractivity contribution in [2.75, 3.05) is 27.0 Å². The second-order valence-corrected chi connectivity index (χ2v) is 8.05. The highest BCUT2D eigenvalue weighted by atomic mass is 32.2. The summed E-state index contributed by atoms with van der Waals surface area (Å²) in [7, 11) is 5.24. The minimum Gasteiger partial charge on any atom is -0.493 e. The van der Waals surface area contributed by atoms with Crippen LogP contribution in [0.3, 0.4) is 0 Å². The fourth-order valence-electron chi connectivity index (χ4n) is 3.89. The molecule has 0 aromatic heterocycles. The Bertz CT molecular complexity index is 598. The molecule has 2 unspecified atom stereocenters. The van der Waals surface area contributed by atoms with Crippen molar-refractivity contribution in [1.29, 1.82) is 0 Å². The van der Waals surface area contributed by atoms with Gasteiger partial charge in [0.25, 0.3) is 0 Å². The second-order valence-electron chi connectivity index (χ2n) is 6.88. The van der Waals surface area contributed by atoms with Gasteiger partial charge < -0.3 is 19.7 Å². The summed E-state index contributed by atoms with van der Waals surface area (Å²) in [4.78, 5) is 15.6. The summed E-state index contributed by atoms with van der Waals surface area (Å²) in [5.41, 5.74) is 0. The molecule has 0 radical (unpaired) electrons. The van der Waals surface area contributed by atoms with Crippen molar-refractivity contribution in [2.24, 2.45) is 0 Å². The van der Waals surface area contributed by atoms with Gasteiger partial charge in [-0.1, -0.05) is 0 Å². The van der Waals surface area contributed by atoms with Gasteiger partial charge in [-0.2, -0.15) is 0 Å². The molecule has 25 heavy (non-hydrogen) atoms. The predicted molar refractivity (Wildman–Crippen MR) is 101 cm³/mol. The monoisotopic (exact) mass is 364 g/mol. The van der Waals surface area contributed by atoms with E-state index in [1.807, 2.05) is 30.1 Å². The van der Waals surface area contributed by atoms with Crippen LogP contribution in [0.5, 0.6) is 11.5 Å². The number of carbonyl (C=O) groups is 1. The average molecular weight is 365 g/mol. The van der Waals surface area contributed by atoms with Gasteiger partial charge in [0.05, 0.1) is 14.2 Å². The molecule has 2 heterocycles. The van der Waals surface area contributed by atoms with Gasteiger partial charge in [-0.05, 0) is 43.9 Å². The van der Waals surface area contributed by atoms with Gasteiger partial charge in [-0.25, -0.2) is 0 Å². The Hall–Kier alpha value is -1.40. The fraction of sp³-hybridized carbons (Fsp3) is 0.632. The lowest BCUT2D eigenvalue weighted by molar-refractivity contribution is -0.132. The Kier molecular flexibility index (Phi) is 6.12. The molecule has 0 saturated carbocycles. The van der Waals surface area contributed by atoms with Crippen molar-refractivity contribution in [2.45, 2.75) is 55.1 Å². The summed E-state index contributed by atoms with van der Waals surface area (Å²) in [6, 6.07) is 7.49. The number of methoxy groups -OCH3 is 2. The molecule has 3 rings (SSSR count). The molecule has 2 fully saturated rings. The van der Waals surface area contributed by atoms with Crippen molar-refractivity contribution < 1.29 is 14.3 Å². The molecule has 2 aliphatic rings. The van der Waals surface area contributed by atoms with E-state index in [2.05, 4.69) is 5.32 Å². The summed E-state index contributed by atoms with van der Waals surface area (Å²) in [6.07, 6.45) is 5.29. The predicted octanol–water partition coefficient (Wildman–Crippen LogP) is 2.93. The molecule has 1 amide bonds. The molecule has 1 aromatic carbocycles. The number of benzene rings is 1. The van der Waals surface area contributed by atoms with Crippen LogP contribution in [0, 0.1) is 0 Å². The summed E-state index contributed by atoms with van der Waals surface area (Å²) in [6.45, 7) is 0. The molecule has 0 aliphatic carbocycles. The zero-order valence-electron chi connectivity index (χ0n) is 15.3. The number of hydrogen-bond donors (Lipinski definition) is 1. The smallest absolute Gasteiger partial charge is 0.223 e. The van der Waals surface area contributed by atoms with Crippen LogP contribution in [-0.2, 0) is 4.79 Å². The van der Waals surface area contributed by atoms with Crippen LogP contribution < -0.4 is 14.8 Å². The number of piperidine rings is 1. The number of fused-ring (bicyclic) bond motifs is 2. The minimum absolute atomic E-state index is 0.249. The van der Waals surface area contributed by atoms with Gasteiger partial charge in [0, 0.05) is 42.2 Å². The second kappa shape index (κ2) is 8.32. The van der Waals surface area contributed by atoms with Gasteiger partial charge in [0.2, 0.25) is 5.91 Å². The van der Waals surface area contributed by atoms with E-state index in [-0.39, 0.29) is 5.91 Å². The first-order chi connectivity index (χ1) is 12.1. The minimum atomic E-state index is 0.249. The van der Waals surface area contributed by atoms with E-state index >= 15 is 0 Å². The maximum absolute atomic E-state index is 12.5. The zero-order chi connectivity index (χ0) is 17.8. The number of ether oxygens (including phenoxy) is 2. The first kappa shape index (κ1) is 18.4. The summed E-state index contributed by atoms with van der Waals surface area (Å²) in [5, 5.41) is 3.63. The highest BCUT2D eigenvalue weighted by molar-refractivity contribution is 7.99. The van der Waals surface area contributed by atoms with Crippen LogP contribution in [-0.4, -0.2) is 56.0 Å². The van der Waals surface area contributed by atoms with Gasteiger partial charge in [-0.3, -0.25) is 4.79 Å². The molecule has 2 bridgehead atoms. The molecule has 2 saturated heterocycles. The van der Waals surface area contributed by atoms with Gasteiger partial charge >= 0.3 is 0 Å². The molecule has 138 valence electrons. The van der Waals surface area contributed by atoms with Crippen molar-refractivity contribution in [1.82, 2.24) is 10.2 Å². The van der Waals surface area contributed by atoms with E-state index in [0.717, 1.165) is 35.0 Å². The third kappa shape index (κ3) is 4.42. The molecule has 1 aromatic rings. The summed E-state index contributed by atoms with van der Waals surface area (Å²) in [5.74, 6) is 2.47. The number of amides is 1. The number of rotatable bonds is 7. The fourth-order valence-corrected chi connectivity index (χ4v) is 4.75. The van der Waals surface area contributed by atoms with E-state index in [1.165, 1.54) is 12.8 Å². The van der Waals surface area contributed by atoms with E-state index < -0.39 is 0 Å². The lowest BCUT2D eigenvalue weighted by Gasteiger charge is -2.35. The highest BCUT2D eigenvalue weighted by Crippen LogP contribution is 2.32. The number of nitrogens with one attached hydrogen (secondary N) is 1. The van der Waals surface area contributed by atoms with Crippen molar-refractivity contribution in [3.8, 4) is 11.5 Å². The molecule has 5 nitrogen and oxygen atoms in total. The third-order valence-electron chi connectivity index (χ3n) is 5.33. The van der Waals surface area contributed by atoms with Crippen LogP contribution in [0.1, 0.15) is 32.1 Å². The Morgan fingerprint density at radius 2 is 1.88 bits per heavy atom. The quantitative estimate of drug-likeness (QED) is 0.754. The van der Waals surface area contributed by atoms with Crippen LogP contribution in [0.2, 0.25) is 0 Å². The number of nitrogens with zero attached hydrogens (tertiary/aromatic N) is 1. The number of thioether (sulfide) groups is 1. The number of carbonyl (C=O) groups excluding carboxylic acids is 1. The zero-order valence-corrected chi connectivity index (χ0v) is 16.1. The van der Waals surface area contributed by atoms with E-state index in [1.54, 1.807) is 26.0 Å². The third-order valence-corrected chi connectivity index (χ3v) is 6.32. The van der Waals surface area contributed by atoms with Crippen molar-refractivity contribution in [3.63, 3.8) is 0 Å². The SMILES string of the molecule is COc1ccc(SCCC(=O)N(C)C2CC3CCC(C2)N3)cc1OC. The highest BCUT2D eigenvalue weighted by Gasteiger charge is 2.36. The average Bonchev–Trinajstić information content (AvgIpc) is 2.98. The van der Waals surface area contributed by atoms with Crippen LogP contribution >= 0.6 is 11.8 Å². The van der Waals surface area contributed by atoms with E-state index in [4.69, 9.17) is 9.47 Å². The van der Waals surface area contributed by atoms with Crippen molar-refractivity contribution >= 4 is 17.7 Å². The molecule has 2 atom stereocenters. The van der Waals surface area contributed by atoms with Crippen LogP contribution in [0.15, 0.2) is 23.1 Å². The van der Waals surface area contributed by atoms with Gasteiger partial charge in [-0.15, -0.1) is 11.8 Å².